The largest absolute Gasteiger partial charge is 0.307 e. The van der Waals surface area contributed by atoms with E-state index in [9.17, 15) is 17.6 Å². The molecule has 0 bridgehead atoms. The van der Waals surface area contributed by atoms with Gasteiger partial charge < -0.3 is 4.90 Å². The maximum Gasteiger partial charge on any atom is 0.258 e. The average molecular weight is 455 g/mol. The fourth-order valence-corrected chi connectivity index (χ4v) is 4.24. The van der Waals surface area contributed by atoms with Gasteiger partial charge in [0, 0.05) is 24.3 Å². The van der Waals surface area contributed by atoms with Crippen LogP contribution in [0.1, 0.15) is 36.7 Å². The molecule has 3 aromatic carbocycles. The molecule has 0 aliphatic rings. The van der Waals surface area contributed by atoms with Crippen LogP contribution in [0.2, 0.25) is 0 Å². The van der Waals surface area contributed by atoms with Gasteiger partial charge in [-0.05, 0) is 59.5 Å². The Labute approximate surface area is 188 Å². The summed E-state index contributed by atoms with van der Waals surface area (Å²) in [4.78, 5) is 14.6. The summed E-state index contributed by atoms with van der Waals surface area (Å²) in [5.41, 5.74) is 1.89. The summed E-state index contributed by atoms with van der Waals surface area (Å²) in [5, 5.41) is 0. The third kappa shape index (κ3) is 5.81. The highest BCUT2D eigenvalue weighted by atomic mass is 32.2. The summed E-state index contributed by atoms with van der Waals surface area (Å²) in [7, 11) is -3.75. The van der Waals surface area contributed by atoms with E-state index in [4.69, 9.17) is 0 Å². The Hall–Kier alpha value is -3.03. The number of hydrogen-bond acceptors (Lipinski definition) is 3. The minimum atomic E-state index is -3.75. The number of rotatable bonds is 7. The maximum absolute atomic E-state index is 13.4. The Morgan fingerprint density at radius 2 is 1.50 bits per heavy atom. The Kier molecular flexibility index (Phi) is 7.11. The number of benzene rings is 3. The van der Waals surface area contributed by atoms with Crippen LogP contribution in [0.5, 0.6) is 0 Å². The van der Waals surface area contributed by atoms with E-state index in [0.717, 1.165) is 5.56 Å². The number of carbonyl (C=O) groups excluding carboxylic acids is 1. The molecular weight excluding hydrogens is 427 g/mol. The molecule has 0 saturated carbocycles. The van der Waals surface area contributed by atoms with Gasteiger partial charge in [0.1, 0.15) is 5.82 Å². The van der Waals surface area contributed by atoms with Crippen LogP contribution in [-0.2, 0) is 15.4 Å². The van der Waals surface area contributed by atoms with Crippen molar-refractivity contribution in [2.24, 2.45) is 0 Å². The van der Waals surface area contributed by atoms with Gasteiger partial charge in [0.15, 0.2) is 0 Å². The van der Waals surface area contributed by atoms with Gasteiger partial charge in [-0.15, -0.1) is 0 Å². The van der Waals surface area contributed by atoms with E-state index in [1.165, 1.54) is 29.2 Å². The first-order valence-electron chi connectivity index (χ1n) is 10.3. The number of anilines is 1. The van der Waals surface area contributed by atoms with E-state index < -0.39 is 15.8 Å². The molecule has 0 spiro atoms. The molecule has 1 N–H and O–H groups in total. The highest BCUT2D eigenvalue weighted by molar-refractivity contribution is 7.89. The van der Waals surface area contributed by atoms with Crippen molar-refractivity contribution in [2.75, 3.05) is 18.0 Å². The Morgan fingerprint density at radius 1 is 0.906 bits per heavy atom. The third-order valence-corrected chi connectivity index (χ3v) is 6.54. The molecule has 7 heteroatoms. The Balaban J connectivity index is 1.75. The molecule has 0 radical (unpaired) electrons. The van der Waals surface area contributed by atoms with Crippen LogP contribution in [0, 0.1) is 5.82 Å². The predicted octanol–water partition coefficient (Wildman–Crippen LogP) is 4.75. The number of hydrogen-bond donors (Lipinski definition) is 1. The van der Waals surface area contributed by atoms with E-state index in [-0.39, 0.29) is 29.3 Å². The van der Waals surface area contributed by atoms with Gasteiger partial charge in [-0.25, -0.2) is 17.5 Å². The van der Waals surface area contributed by atoms with Crippen molar-refractivity contribution in [3.05, 3.63) is 95.8 Å². The van der Waals surface area contributed by atoms with Gasteiger partial charge in [0.25, 0.3) is 5.91 Å². The quantitative estimate of drug-likeness (QED) is 0.560. The van der Waals surface area contributed by atoms with Crippen molar-refractivity contribution in [3.8, 4) is 0 Å². The predicted molar refractivity (Wildman–Crippen MR) is 125 cm³/mol. The van der Waals surface area contributed by atoms with Crippen molar-refractivity contribution < 1.29 is 17.6 Å². The minimum Gasteiger partial charge on any atom is -0.307 e. The van der Waals surface area contributed by atoms with Gasteiger partial charge in [-0.2, -0.15) is 0 Å². The smallest absolute Gasteiger partial charge is 0.258 e. The molecule has 0 unspecified atom stereocenters. The topological polar surface area (TPSA) is 66.5 Å². The molecule has 168 valence electrons. The lowest BCUT2D eigenvalue weighted by Crippen LogP contribution is -2.38. The summed E-state index contributed by atoms with van der Waals surface area (Å²) in [5.74, 6) is -0.716. The fraction of sp³-hybridized carbons (Fsp3) is 0.240. The van der Waals surface area contributed by atoms with E-state index in [2.05, 4.69) is 25.5 Å². The van der Waals surface area contributed by atoms with Crippen LogP contribution >= 0.6 is 0 Å². The van der Waals surface area contributed by atoms with Gasteiger partial charge in [0.05, 0.1) is 4.90 Å². The molecule has 3 rings (SSSR count). The van der Waals surface area contributed by atoms with Crippen molar-refractivity contribution in [3.63, 3.8) is 0 Å². The molecule has 0 saturated heterocycles. The van der Waals surface area contributed by atoms with E-state index in [1.807, 2.05) is 0 Å². The van der Waals surface area contributed by atoms with Crippen LogP contribution < -0.4 is 9.62 Å². The second kappa shape index (κ2) is 9.63. The fourth-order valence-electron chi connectivity index (χ4n) is 3.21. The highest BCUT2D eigenvalue weighted by Crippen LogP contribution is 2.23. The van der Waals surface area contributed by atoms with Gasteiger partial charge in [0.2, 0.25) is 10.0 Å². The normalized spacial score (nSPS) is 11.9. The molecule has 0 atom stereocenters. The van der Waals surface area contributed by atoms with Gasteiger partial charge in [-0.1, -0.05) is 51.1 Å². The van der Waals surface area contributed by atoms with Crippen LogP contribution in [0.4, 0.5) is 10.1 Å². The standard InChI is InChI=1S/C25H27FN2O3S/c1-25(2,3)20-9-15-23(16-10-20)32(30,31)27-17-18-28(22-13-11-21(26)12-14-22)24(29)19-7-5-4-6-8-19/h4-16,27H,17-18H2,1-3H3. The van der Waals surface area contributed by atoms with Gasteiger partial charge in [-0.3, -0.25) is 4.79 Å². The van der Waals surface area contributed by atoms with Crippen LogP contribution in [0.25, 0.3) is 0 Å². The summed E-state index contributed by atoms with van der Waals surface area (Å²) < 4.78 is 41.4. The lowest BCUT2D eigenvalue weighted by Gasteiger charge is -2.23. The summed E-state index contributed by atoms with van der Waals surface area (Å²) in [6, 6.07) is 21.0. The Bertz CT molecular complexity index is 1150. The first-order chi connectivity index (χ1) is 15.1. The zero-order valence-corrected chi connectivity index (χ0v) is 19.2. The summed E-state index contributed by atoms with van der Waals surface area (Å²) in [6.07, 6.45) is 0. The summed E-state index contributed by atoms with van der Waals surface area (Å²) >= 11 is 0. The zero-order valence-electron chi connectivity index (χ0n) is 18.4. The van der Waals surface area contributed by atoms with E-state index >= 15 is 0 Å². The molecule has 0 aromatic heterocycles. The van der Waals surface area contributed by atoms with Crippen molar-refractivity contribution >= 4 is 21.6 Å². The lowest BCUT2D eigenvalue weighted by atomic mass is 9.87. The number of carbonyl (C=O) groups is 1. The van der Waals surface area contributed by atoms with E-state index in [1.54, 1.807) is 54.6 Å². The van der Waals surface area contributed by atoms with E-state index in [0.29, 0.717) is 11.3 Å². The second-order valence-corrected chi connectivity index (χ2v) is 10.2. The number of amides is 1. The molecule has 0 aliphatic carbocycles. The SMILES string of the molecule is CC(C)(C)c1ccc(S(=O)(=O)NCCN(C(=O)c2ccccc2)c2ccc(F)cc2)cc1. The average Bonchev–Trinajstić information content (AvgIpc) is 2.77. The molecular formula is C25H27FN2O3S. The number of nitrogens with one attached hydrogen (secondary N) is 1. The number of sulfonamides is 1. The maximum atomic E-state index is 13.4. The molecule has 0 aliphatic heterocycles. The van der Waals surface area contributed by atoms with Crippen molar-refractivity contribution in [1.29, 1.82) is 0 Å². The van der Waals surface area contributed by atoms with Crippen LogP contribution in [-0.4, -0.2) is 27.4 Å². The second-order valence-electron chi connectivity index (χ2n) is 8.47. The number of halogens is 1. The molecule has 0 fully saturated rings. The van der Waals surface area contributed by atoms with Crippen LogP contribution in [0.15, 0.2) is 83.8 Å². The van der Waals surface area contributed by atoms with Crippen molar-refractivity contribution in [2.45, 2.75) is 31.1 Å². The molecule has 5 nitrogen and oxygen atoms in total. The highest BCUT2D eigenvalue weighted by Gasteiger charge is 2.20. The van der Waals surface area contributed by atoms with Crippen molar-refractivity contribution in [1.82, 2.24) is 4.72 Å². The molecule has 1 amide bonds. The third-order valence-electron chi connectivity index (χ3n) is 5.06. The minimum absolute atomic E-state index is 0.000689. The first kappa shape index (κ1) is 23.6. The molecule has 0 heterocycles. The Morgan fingerprint density at radius 3 is 2.06 bits per heavy atom. The van der Waals surface area contributed by atoms with Crippen LogP contribution in [0.3, 0.4) is 0 Å². The monoisotopic (exact) mass is 454 g/mol. The molecule has 3 aromatic rings. The zero-order chi connectivity index (χ0) is 23.4. The summed E-state index contributed by atoms with van der Waals surface area (Å²) in [6.45, 7) is 6.26. The first-order valence-corrected chi connectivity index (χ1v) is 11.8. The molecule has 32 heavy (non-hydrogen) atoms. The number of nitrogens with zero attached hydrogens (tertiary/aromatic N) is 1. The lowest BCUT2D eigenvalue weighted by molar-refractivity contribution is 0.0987. The van der Waals surface area contributed by atoms with Gasteiger partial charge >= 0.3 is 0 Å².